The molecule has 3 heteroatoms. The Morgan fingerprint density at radius 3 is 2.61 bits per heavy atom. The Bertz CT molecular complexity index is 249. The molecule has 1 aliphatic heterocycles. The summed E-state index contributed by atoms with van der Waals surface area (Å²) in [5.74, 6) is 2.14. The molecule has 0 amide bonds. The van der Waals surface area contributed by atoms with E-state index in [2.05, 4.69) is 30.5 Å². The normalized spacial score (nSPS) is 28.8. The van der Waals surface area contributed by atoms with E-state index in [-0.39, 0.29) is 0 Å². The van der Waals surface area contributed by atoms with Gasteiger partial charge >= 0.3 is 0 Å². The third kappa shape index (κ3) is 3.88. The second-order valence-corrected chi connectivity index (χ2v) is 8.40. The number of hydrogen-bond donors (Lipinski definition) is 1. The fourth-order valence-corrected chi connectivity index (χ4v) is 4.64. The van der Waals surface area contributed by atoms with E-state index >= 15 is 0 Å². The predicted molar refractivity (Wildman–Crippen MR) is 82.1 cm³/mol. The quantitative estimate of drug-likeness (QED) is 0.854. The summed E-state index contributed by atoms with van der Waals surface area (Å²) >= 11 is 2.14. The van der Waals surface area contributed by atoms with E-state index in [0.29, 0.717) is 10.8 Å². The first kappa shape index (κ1) is 14.7. The molecule has 18 heavy (non-hydrogen) atoms. The van der Waals surface area contributed by atoms with Gasteiger partial charge in [0.05, 0.1) is 0 Å². The molecule has 0 aromatic carbocycles. The molecular weight excluding hydrogens is 240 g/mol. The molecule has 0 radical (unpaired) electrons. The van der Waals surface area contributed by atoms with Crippen LogP contribution in [0.25, 0.3) is 0 Å². The summed E-state index contributed by atoms with van der Waals surface area (Å²) in [7, 11) is 0. The fraction of sp³-hybridized carbons (Fsp3) is 1.00. The van der Waals surface area contributed by atoms with Gasteiger partial charge in [-0.3, -0.25) is 4.90 Å². The zero-order valence-corrected chi connectivity index (χ0v) is 13.0. The lowest BCUT2D eigenvalue weighted by molar-refractivity contribution is 0.127. The molecular formula is C15H30N2S. The second-order valence-electron chi connectivity index (χ2n) is 6.60. The Balaban J connectivity index is 1.94. The van der Waals surface area contributed by atoms with Crippen LogP contribution in [0.3, 0.4) is 0 Å². The molecule has 0 spiro atoms. The van der Waals surface area contributed by atoms with Gasteiger partial charge in [0, 0.05) is 29.6 Å². The van der Waals surface area contributed by atoms with Crippen LogP contribution in [0, 0.1) is 5.92 Å². The van der Waals surface area contributed by atoms with E-state index in [1.54, 1.807) is 0 Å². The zero-order chi connectivity index (χ0) is 13.0. The van der Waals surface area contributed by atoms with Crippen LogP contribution >= 0.6 is 11.8 Å². The lowest BCUT2D eigenvalue weighted by Crippen LogP contribution is -2.47. The van der Waals surface area contributed by atoms with E-state index in [0.717, 1.165) is 12.5 Å². The molecule has 2 fully saturated rings. The first-order valence-electron chi connectivity index (χ1n) is 7.70. The fourth-order valence-electron chi connectivity index (χ4n) is 3.53. The van der Waals surface area contributed by atoms with Crippen LogP contribution in [0.1, 0.15) is 52.4 Å². The van der Waals surface area contributed by atoms with Crippen molar-refractivity contribution in [1.29, 1.82) is 0 Å². The van der Waals surface area contributed by atoms with Gasteiger partial charge in [-0.25, -0.2) is 0 Å². The molecule has 106 valence electrons. The SMILES string of the molecule is CC1(C)CCN(C(CN)C2CCCCC2)CCS1. The van der Waals surface area contributed by atoms with Gasteiger partial charge in [-0.05, 0) is 31.7 Å². The Kier molecular flexibility index (Phi) is 5.40. The van der Waals surface area contributed by atoms with Crippen molar-refractivity contribution in [3.05, 3.63) is 0 Å². The van der Waals surface area contributed by atoms with Gasteiger partial charge in [-0.15, -0.1) is 0 Å². The first-order chi connectivity index (χ1) is 8.62. The summed E-state index contributed by atoms with van der Waals surface area (Å²) in [6.45, 7) is 8.12. The smallest absolute Gasteiger partial charge is 0.0246 e. The topological polar surface area (TPSA) is 29.3 Å². The highest BCUT2D eigenvalue weighted by molar-refractivity contribution is 8.00. The molecule has 2 N–H and O–H groups in total. The monoisotopic (exact) mass is 270 g/mol. The van der Waals surface area contributed by atoms with Crippen LogP contribution in [0.2, 0.25) is 0 Å². The third-order valence-electron chi connectivity index (χ3n) is 4.78. The average Bonchev–Trinajstić information content (AvgIpc) is 2.54. The van der Waals surface area contributed by atoms with E-state index in [1.165, 1.54) is 57.4 Å². The van der Waals surface area contributed by atoms with E-state index in [4.69, 9.17) is 5.73 Å². The van der Waals surface area contributed by atoms with E-state index in [1.807, 2.05) is 0 Å². The maximum Gasteiger partial charge on any atom is 0.0246 e. The van der Waals surface area contributed by atoms with E-state index < -0.39 is 0 Å². The maximum atomic E-state index is 6.10. The molecule has 1 saturated carbocycles. The molecule has 1 saturated heterocycles. The Morgan fingerprint density at radius 1 is 1.22 bits per heavy atom. The number of hydrogen-bond acceptors (Lipinski definition) is 3. The summed E-state index contributed by atoms with van der Waals surface area (Å²) in [6.07, 6.45) is 8.42. The molecule has 0 aromatic heterocycles. The van der Waals surface area contributed by atoms with Crippen LogP contribution in [-0.4, -0.2) is 41.1 Å². The van der Waals surface area contributed by atoms with E-state index in [9.17, 15) is 0 Å². The highest BCUT2D eigenvalue weighted by Gasteiger charge is 2.31. The molecule has 1 atom stereocenters. The largest absolute Gasteiger partial charge is 0.329 e. The molecule has 0 bridgehead atoms. The predicted octanol–water partition coefficient (Wildman–Crippen LogP) is 3.11. The number of nitrogens with two attached hydrogens (primary N) is 1. The Hall–Kier alpha value is 0.270. The van der Waals surface area contributed by atoms with Crippen molar-refractivity contribution >= 4 is 11.8 Å². The van der Waals surface area contributed by atoms with Gasteiger partial charge < -0.3 is 5.73 Å². The highest BCUT2D eigenvalue weighted by atomic mass is 32.2. The molecule has 2 aliphatic rings. The molecule has 1 unspecified atom stereocenters. The van der Waals surface area contributed by atoms with Crippen LogP contribution < -0.4 is 5.73 Å². The Morgan fingerprint density at radius 2 is 1.94 bits per heavy atom. The lowest BCUT2D eigenvalue weighted by atomic mass is 9.83. The van der Waals surface area contributed by atoms with Crippen LogP contribution in [0.4, 0.5) is 0 Å². The minimum absolute atomic E-state index is 0.459. The minimum atomic E-state index is 0.459. The van der Waals surface area contributed by atoms with Crippen LogP contribution in [0.5, 0.6) is 0 Å². The molecule has 1 aliphatic carbocycles. The molecule has 1 heterocycles. The Labute approximate surface area is 117 Å². The molecule has 0 aromatic rings. The number of rotatable bonds is 3. The van der Waals surface area contributed by atoms with Crippen molar-refractivity contribution in [2.24, 2.45) is 11.7 Å². The third-order valence-corrected chi connectivity index (χ3v) is 6.15. The second kappa shape index (κ2) is 6.62. The van der Waals surface area contributed by atoms with Crippen molar-refractivity contribution < 1.29 is 0 Å². The van der Waals surface area contributed by atoms with Gasteiger partial charge in [0.25, 0.3) is 0 Å². The average molecular weight is 270 g/mol. The standard InChI is InChI=1S/C15H30N2S/c1-15(2)8-9-17(10-11-18-15)14(12-16)13-6-4-3-5-7-13/h13-14H,3-12,16H2,1-2H3. The number of thioether (sulfide) groups is 1. The van der Waals surface area contributed by atoms with Crippen LogP contribution in [0.15, 0.2) is 0 Å². The first-order valence-corrected chi connectivity index (χ1v) is 8.69. The summed E-state index contributed by atoms with van der Waals surface area (Å²) in [5, 5.41) is 0. The summed E-state index contributed by atoms with van der Waals surface area (Å²) in [6, 6.07) is 0.653. The van der Waals surface area contributed by atoms with Gasteiger partial charge in [0.1, 0.15) is 0 Å². The van der Waals surface area contributed by atoms with Gasteiger partial charge in [0.2, 0.25) is 0 Å². The van der Waals surface area contributed by atoms with Crippen molar-refractivity contribution in [1.82, 2.24) is 4.90 Å². The van der Waals surface area contributed by atoms with Gasteiger partial charge in [-0.1, -0.05) is 33.1 Å². The van der Waals surface area contributed by atoms with Crippen molar-refractivity contribution in [2.45, 2.75) is 63.2 Å². The number of nitrogens with zero attached hydrogens (tertiary/aromatic N) is 1. The highest BCUT2D eigenvalue weighted by Crippen LogP contribution is 2.34. The molecule has 2 rings (SSSR count). The van der Waals surface area contributed by atoms with Crippen LogP contribution in [-0.2, 0) is 0 Å². The van der Waals surface area contributed by atoms with Gasteiger partial charge in [0.15, 0.2) is 0 Å². The summed E-state index contributed by atoms with van der Waals surface area (Å²) in [4.78, 5) is 2.71. The molecule has 2 nitrogen and oxygen atoms in total. The zero-order valence-electron chi connectivity index (χ0n) is 12.2. The van der Waals surface area contributed by atoms with Crippen molar-refractivity contribution in [2.75, 3.05) is 25.4 Å². The van der Waals surface area contributed by atoms with Crippen molar-refractivity contribution in [3.8, 4) is 0 Å². The maximum absolute atomic E-state index is 6.10. The summed E-state index contributed by atoms with van der Waals surface area (Å²) < 4.78 is 0.459. The van der Waals surface area contributed by atoms with Gasteiger partial charge in [-0.2, -0.15) is 11.8 Å². The minimum Gasteiger partial charge on any atom is -0.329 e. The van der Waals surface area contributed by atoms with Crippen molar-refractivity contribution in [3.63, 3.8) is 0 Å². The summed E-state index contributed by atoms with van der Waals surface area (Å²) in [5.41, 5.74) is 6.10. The lowest BCUT2D eigenvalue weighted by Gasteiger charge is -2.37.